The number of rotatable bonds is 7. The van der Waals surface area contributed by atoms with E-state index in [0.717, 1.165) is 0 Å². The molecule has 0 saturated heterocycles. The summed E-state index contributed by atoms with van der Waals surface area (Å²) in [5.41, 5.74) is 4.40. The van der Waals surface area contributed by atoms with Crippen LogP contribution >= 0.6 is 0 Å². The quantitative estimate of drug-likeness (QED) is 0.494. The Morgan fingerprint density at radius 3 is 2.32 bits per heavy atom. The first kappa shape index (κ1) is 17.2. The summed E-state index contributed by atoms with van der Waals surface area (Å²) in [7, 11) is 0. The fraction of sp³-hybridized carbons (Fsp3) is 0.727. The maximum Gasteiger partial charge on any atom is 0.328 e. The van der Waals surface area contributed by atoms with Crippen LogP contribution in [0.1, 0.15) is 27.2 Å². The van der Waals surface area contributed by atoms with Crippen LogP contribution in [-0.2, 0) is 14.3 Å². The van der Waals surface area contributed by atoms with Gasteiger partial charge in [0, 0.05) is 13.0 Å². The molecule has 0 unspecified atom stereocenters. The number of carbonyl (C=O) groups is 3. The Balaban J connectivity index is 4.16. The van der Waals surface area contributed by atoms with Crippen molar-refractivity contribution in [1.82, 2.24) is 10.6 Å². The monoisotopic (exact) mass is 275 g/mol. The zero-order chi connectivity index (χ0) is 15.1. The molecule has 0 rings (SSSR count). The molecule has 3 amide bonds. The predicted octanol–water partition coefficient (Wildman–Crippen LogP) is -0.571. The number of carbonyl (C=O) groups excluding carboxylic acids is 2. The highest BCUT2D eigenvalue weighted by Gasteiger charge is 2.23. The molecule has 8 nitrogen and oxygen atoms in total. The summed E-state index contributed by atoms with van der Waals surface area (Å²) >= 11 is 0. The van der Waals surface area contributed by atoms with Crippen LogP contribution < -0.4 is 16.4 Å². The summed E-state index contributed by atoms with van der Waals surface area (Å²) in [6.45, 7) is 5.23. The lowest BCUT2D eigenvalue weighted by molar-refractivity contribution is -0.142. The Labute approximate surface area is 111 Å². The van der Waals surface area contributed by atoms with Crippen LogP contribution in [0.4, 0.5) is 4.79 Å². The summed E-state index contributed by atoms with van der Waals surface area (Å²) in [5, 5.41) is 13.5. The molecular weight excluding hydrogens is 254 g/mol. The largest absolute Gasteiger partial charge is 0.480 e. The number of nitrogens with two attached hydrogens (primary N) is 1. The molecule has 0 aromatic rings. The Kier molecular flexibility index (Phi) is 6.84. The van der Waals surface area contributed by atoms with Gasteiger partial charge < -0.3 is 26.2 Å². The van der Waals surface area contributed by atoms with E-state index < -0.39 is 29.6 Å². The van der Waals surface area contributed by atoms with Crippen molar-refractivity contribution in [3.63, 3.8) is 0 Å². The second kappa shape index (κ2) is 7.57. The third-order valence-corrected chi connectivity index (χ3v) is 1.94. The summed E-state index contributed by atoms with van der Waals surface area (Å²) < 4.78 is 5.30. The molecule has 0 heterocycles. The smallest absolute Gasteiger partial charge is 0.328 e. The number of hydrogen-bond acceptors (Lipinski definition) is 4. The second-order valence-corrected chi connectivity index (χ2v) is 4.93. The fourth-order valence-electron chi connectivity index (χ4n) is 1.02. The Morgan fingerprint density at radius 1 is 1.32 bits per heavy atom. The van der Waals surface area contributed by atoms with E-state index in [1.54, 1.807) is 20.8 Å². The van der Waals surface area contributed by atoms with Crippen LogP contribution in [0.2, 0.25) is 0 Å². The standard InChI is InChI=1S/C11H21N3O5/c1-11(2,3)19-6-7(9(16)17)14-10(18)13-5-4-8(12)15/h7H,4-6H2,1-3H3,(H2,12,15)(H,16,17)(H2,13,14,18)/t7-/m0/s1. The van der Waals surface area contributed by atoms with Gasteiger partial charge in [-0.25, -0.2) is 9.59 Å². The zero-order valence-electron chi connectivity index (χ0n) is 11.4. The molecule has 0 aromatic carbocycles. The van der Waals surface area contributed by atoms with Crippen molar-refractivity contribution >= 4 is 17.9 Å². The van der Waals surface area contributed by atoms with Crippen LogP contribution in [0.15, 0.2) is 0 Å². The molecule has 110 valence electrons. The molecule has 0 aliphatic rings. The molecular formula is C11H21N3O5. The van der Waals surface area contributed by atoms with E-state index in [0.29, 0.717) is 0 Å². The predicted molar refractivity (Wildman–Crippen MR) is 67.5 cm³/mol. The highest BCUT2D eigenvalue weighted by Crippen LogP contribution is 2.07. The van der Waals surface area contributed by atoms with Gasteiger partial charge in [-0.2, -0.15) is 0 Å². The molecule has 1 atom stereocenters. The van der Waals surface area contributed by atoms with Gasteiger partial charge in [0.2, 0.25) is 5.91 Å². The maximum absolute atomic E-state index is 11.4. The minimum atomic E-state index is -1.20. The van der Waals surface area contributed by atoms with Gasteiger partial charge in [0.15, 0.2) is 6.04 Å². The van der Waals surface area contributed by atoms with E-state index in [1.165, 1.54) is 0 Å². The van der Waals surface area contributed by atoms with Crippen LogP contribution in [0.3, 0.4) is 0 Å². The molecule has 0 aliphatic heterocycles. The Morgan fingerprint density at radius 2 is 1.89 bits per heavy atom. The van der Waals surface area contributed by atoms with Gasteiger partial charge >= 0.3 is 12.0 Å². The lowest BCUT2D eigenvalue weighted by Crippen LogP contribution is -2.49. The van der Waals surface area contributed by atoms with E-state index in [1.807, 2.05) is 0 Å². The third kappa shape index (κ3) is 9.83. The van der Waals surface area contributed by atoms with Gasteiger partial charge in [0.05, 0.1) is 12.2 Å². The van der Waals surface area contributed by atoms with Crippen LogP contribution in [0.5, 0.6) is 0 Å². The van der Waals surface area contributed by atoms with Gasteiger partial charge in [-0.3, -0.25) is 4.79 Å². The van der Waals surface area contributed by atoms with Crippen LogP contribution in [-0.4, -0.2) is 47.8 Å². The van der Waals surface area contributed by atoms with Crippen LogP contribution in [0, 0.1) is 0 Å². The van der Waals surface area contributed by atoms with E-state index in [4.69, 9.17) is 15.6 Å². The molecule has 0 spiro atoms. The van der Waals surface area contributed by atoms with E-state index >= 15 is 0 Å². The van der Waals surface area contributed by atoms with E-state index in [9.17, 15) is 14.4 Å². The summed E-state index contributed by atoms with van der Waals surface area (Å²) in [5.74, 6) is -1.75. The highest BCUT2D eigenvalue weighted by atomic mass is 16.5. The summed E-state index contributed by atoms with van der Waals surface area (Å²) in [6.07, 6.45) is -0.0103. The summed E-state index contributed by atoms with van der Waals surface area (Å²) in [6, 6.07) is -1.85. The lowest BCUT2D eigenvalue weighted by Gasteiger charge is -2.23. The van der Waals surface area contributed by atoms with Gasteiger partial charge in [0.25, 0.3) is 0 Å². The zero-order valence-corrected chi connectivity index (χ0v) is 11.4. The normalized spacial score (nSPS) is 12.6. The van der Waals surface area contributed by atoms with Crippen molar-refractivity contribution in [1.29, 1.82) is 0 Å². The molecule has 0 aliphatic carbocycles. The average Bonchev–Trinajstić information content (AvgIpc) is 2.21. The summed E-state index contributed by atoms with van der Waals surface area (Å²) in [4.78, 5) is 32.8. The van der Waals surface area contributed by atoms with Gasteiger partial charge in [-0.15, -0.1) is 0 Å². The average molecular weight is 275 g/mol. The molecule has 0 radical (unpaired) electrons. The first-order valence-electron chi connectivity index (χ1n) is 5.81. The van der Waals surface area contributed by atoms with E-state index in [2.05, 4.69) is 10.6 Å². The second-order valence-electron chi connectivity index (χ2n) is 4.93. The SMILES string of the molecule is CC(C)(C)OC[C@H](NC(=O)NCCC(N)=O)C(=O)O. The topological polar surface area (TPSA) is 131 Å². The number of ether oxygens (including phenoxy) is 1. The Bertz CT molecular complexity index is 338. The number of primary amides is 1. The van der Waals surface area contributed by atoms with Crippen molar-refractivity contribution in [2.75, 3.05) is 13.2 Å². The minimum Gasteiger partial charge on any atom is -0.480 e. The molecule has 0 bridgehead atoms. The number of aliphatic carboxylic acids is 1. The maximum atomic E-state index is 11.4. The van der Waals surface area contributed by atoms with Gasteiger partial charge in [0.1, 0.15) is 0 Å². The molecule has 19 heavy (non-hydrogen) atoms. The fourth-order valence-corrected chi connectivity index (χ4v) is 1.02. The lowest BCUT2D eigenvalue weighted by atomic mass is 10.2. The molecule has 8 heteroatoms. The number of amides is 3. The van der Waals surface area contributed by atoms with Crippen molar-refractivity contribution < 1.29 is 24.2 Å². The third-order valence-electron chi connectivity index (χ3n) is 1.94. The van der Waals surface area contributed by atoms with Crippen molar-refractivity contribution in [3.8, 4) is 0 Å². The number of carboxylic acids is 1. The number of carboxylic acid groups (broad SMARTS) is 1. The number of nitrogens with one attached hydrogen (secondary N) is 2. The number of urea groups is 1. The first-order chi connectivity index (χ1) is 8.61. The van der Waals surface area contributed by atoms with Gasteiger partial charge in [-0.05, 0) is 20.8 Å². The van der Waals surface area contributed by atoms with E-state index in [-0.39, 0.29) is 19.6 Å². The minimum absolute atomic E-state index is 0.0103. The molecule has 0 saturated carbocycles. The van der Waals surface area contributed by atoms with Crippen molar-refractivity contribution in [3.05, 3.63) is 0 Å². The molecule has 5 N–H and O–H groups in total. The van der Waals surface area contributed by atoms with Crippen molar-refractivity contribution in [2.45, 2.75) is 38.8 Å². The number of hydrogen-bond donors (Lipinski definition) is 4. The van der Waals surface area contributed by atoms with Gasteiger partial charge in [-0.1, -0.05) is 0 Å². The van der Waals surface area contributed by atoms with Crippen LogP contribution in [0.25, 0.3) is 0 Å². The first-order valence-corrected chi connectivity index (χ1v) is 5.81. The highest BCUT2D eigenvalue weighted by molar-refractivity contribution is 5.83. The molecule has 0 fully saturated rings. The molecule has 0 aromatic heterocycles. The Hall–Kier alpha value is -1.83. The van der Waals surface area contributed by atoms with Crippen molar-refractivity contribution in [2.24, 2.45) is 5.73 Å².